The van der Waals surface area contributed by atoms with Gasteiger partial charge in [0, 0.05) is 7.05 Å². The number of sulfonamides is 1. The van der Waals surface area contributed by atoms with Gasteiger partial charge in [-0.1, -0.05) is 0 Å². The maximum absolute atomic E-state index is 12.5. The predicted molar refractivity (Wildman–Crippen MR) is 97.7 cm³/mol. The van der Waals surface area contributed by atoms with E-state index in [1.54, 1.807) is 27.7 Å². The quantitative estimate of drug-likeness (QED) is 0.729. The zero-order valence-corrected chi connectivity index (χ0v) is 17.3. The fourth-order valence-electron chi connectivity index (χ4n) is 2.18. The first-order valence-electron chi connectivity index (χ1n) is 7.13. The maximum atomic E-state index is 12.5. The number of carbonyl (C=O) groups excluding carboxylic acids is 1. The lowest BCUT2D eigenvalue weighted by atomic mass is 9.97. The normalized spacial score (nSPS) is 25.4. The number of aliphatic imine (C=N–C) groups is 1. The molecule has 0 aromatic carbocycles. The van der Waals surface area contributed by atoms with Gasteiger partial charge in [0.2, 0.25) is 16.0 Å². The third-order valence-corrected chi connectivity index (χ3v) is 6.82. The zero-order chi connectivity index (χ0) is 18.3. The molecule has 0 saturated carbocycles. The third-order valence-electron chi connectivity index (χ3n) is 3.37. The Hall–Kier alpha value is -1.13. The second kappa shape index (κ2) is 6.30. The summed E-state index contributed by atoms with van der Waals surface area (Å²) in [5.74, 6) is -0.201. The van der Waals surface area contributed by atoms with Gasteiger partial charge in [0.25, 0.3) is 0 Å². The van der Waals surface area contributed by atoms with Crippen molar-refractivity contribution in [2.45, 2.75) is 38.8 Å². The number of thiophene rings is 1. The van der Waals surface area contributed by atoms with E-state index in [0.29, 0.717) is 0 Å². The topological polar surface area (TPSA) is 88.1 Å². The first-order valence-corrected chi connectivity index (χ1v) is 10.4. The number of amides is 1. The van der Waals surface area contributed by atoms with E-state index < -0.39 is 27.3 Å². The van der Waals surface area contributed by atoms with Crippen LogP contribution in [-0.4, -0.2) is 43.2 Å². The van der Waals surface area contributed by atoms with Crippen molar-refractivity contribution >= 4 is 49.3 Å². The van der Waals surface area contributed by atoms with Crippen LogP contribution in [0.5, 0.6) is 0 Å². The van der Waals surface area contributed by atoms with Gasteiger partial charge in [0.1, 0.15) is 5.60 Å². The van der Waals surface area contributed by atoms with Crippen molar-refractivity contribution in [1.29, 1.82) is 0 Å². The number of hydrogen-bond acceptors (Lipinski definition) is 5. The van der Waals surface area contributed by atoms with Crippen molar-refractivity contribution in [3.63, 3.8) is 0 Å². The lowest BCUT2D eigenvalue weighted by molar-refractivity contribution is 0.0602. The van der Waals surface area contributed by atoms with E-state index in [9.17, 15) is 13.2 Å². The smallest absolute Gasteiger partial charge is 0.437 e. The highest BCUT2D eigenvalue weighted by atomic mass is 79.9. The van der Waals surface area contributed by atoms with Gasteiger partial charge in [-0.25, -0.2) is 17.5 Å². The molecule has 0 spiro atoms. The van der Waals surface area contributed by atoms with Gasteiger partial charge < -0.3 is 10.1 Å². The molecule has 1 saturated heterocycles. The molecule has 1 aliphatic heterocycles. The highest BCUT2D eigenvalue weighted by Gasteiger charge is 2.43. The second-order valence-electron chi connectivity index (χ2n) is 6.74. The molecule has 1 aliphatic rings. The van der Waals surface area contributed by atoms with E-state index >= 15 is 0 Å². The standard InChI is InChI=1S/C14H20BrN3O4S2/c1-13(2,3)22-12(19)16-11-17-14(4,8-24(20,21)18(11)5)9-6-10(15)23-7-9/h6-7H,8H2,1-5H3,(H,16,17,19)/t14-/m0/s1. The van der Waals surface area contributed by atoms with Crippen molar-refractivity contribution in [2.24, 2.45) is 4.99 Å². The number of nitrogens with zero attached hydrogens (tertiary/aromatic N) is 2. The van der Waals surface area contributed by atoms with Crippen molar-refractivity contribution < 1.29 is 17.9 Å². The highest BCUT2D eigenvalue weighted by Crippen LogP contribution is 2.33. The van der Waals surface area contributed by atoms with Gasteiger partial charge >= 0.3 is 6.09 Å². The summed E-state index contributed by atoms with van der Waals surface area (Å²) in [5, 5.41) is 4.93. The molecule has 0 radical (unpaired) electrons. The van der Waals surface area contributed by atoms with Crippen LogP contribution >= 0.6 is 27.3 Å². The Balaban J connectivity index is 2.39. The van der Waals surface area contributed by atoms with Gasteiger partial charge in [-0.3, -0.25) is 0 Å². The second-order valence-corrected chi connectivity index (χ2v) is 11.0. The van der Waals surface area contributed by atoms with Crippen molar-refractivity contribution in [1.82, 2.24) is 9.62 Å². The average Bonchev–Trinajstić information content (AvgIpc) is 2.80. The Morgan fingerprint density at radius 3 is 2.62 bits per heavy atom. The van der Waals surface area contributed by atoms with Crippen LogP contribution in [0, 0.1) is 0 Å². The van der Waals surface area contributed by atoms with Crippen molar-refractivity contribution in [3.8, 4) is 0 Å². The molecule has 1 aromatic heterocycles. The molecule has 0 bridgehead atoms. The Bertz CT molecular complexity index is 782. The summed E-state index contributed by atoms with van der Waals surface area (Å²) in [6, 6.07) is 1.85. The van der Waals surface area contributed by atoms with Crippen LogP contribution in [0.3, 0.4) is 0 Å². The Kier molecular flexibility index (Phi) is 5.04. The first kappa shape index (κ1) is 19.2. The summed E-state index contributed by atoms with van der Waals surface area (Å²) < 4.78 is 32.0. The van der Waals surface area contributed by atoms with Crippen LogP contribution in [0.25, 0.3) is 0 Å². The molecule has 2 heterocycles. The minimum atomic E-state index is -3.62. The fourth-order valence-corrected chi connectivity index (χ4v) is 4.98. The number of hydrogen-bond donors (Lipinski definition) is 1. The average molecular weight is 438 g/mol. The molecule has 2 rings (SSSR count). The minimum Gasteiger partial charge on any atom is -0.442 e. The Morgan fingerprint density at radius 2 is 2.12 bits per heavy atom. The van der Waals surface area contributed by atoms with Crippen LogP contribution < -0.4 is 5.32 Å². The lowest BCUT2D eigenvalue weighted by Crippen LogP contribution is -2.61. The molecule has 24 heavy (non-hydrogen) atoms. The molecule has 1 aromatic rings. The zero-order valence-electron chi connectivity index (χ0n) is 14.1. The van der Waals surface area contributed by atoms with Crippen LogP contribution in [0.15, 0.2) is 20.2 Å². The molecular formula is C14H20BrN3O4S2. The van der Waals surface area contributed by atoms with Crippen molar-refractivity contribution in [2.75, 3.05) is 12.8 Å². The molecular weight excluding hydrogens is 418 g/mol. The van der Waals surface area contributed by atoms with Gasteiger partial charge in [-0.15, -0.1) is 16.3 Å². The lowest BCUT2D eigenvalue weighted by Gasteiger charge is -2.40. The fraction of sp³-hybridized carbons (Fsp3) is 0.571. The predicted octanol–water partition coefficient (Wildman–Crippen LogP) is 2.88. The van der Waals surface area contributed by atoms with Crippen LogP contribution in [0.2, 0.25) is 0 Å². The molecule has 0 unspecified atom stereocenters. The third kappa shape index (κ3) is 4.28. The number of halogens is 1. The summed E-state index contributed by atoms with van der Waals surface area (Å²) in [7, 11) is -2.27. The molecule has 10 heteroatoms. The Morgan fingerprint density at radius 1 is 1.50 bits per heavy atom. The number of carbonyl (C=O) groups is 1. The van der Waals surface area contributed by atoms with E-state index in [4.69, 9.17) is 4.74 Å². The number of nitrogens with one attached hydrogen (secondary N) is 1. The van der Waals surface area contributed by atoms with Gasteiger partial charge in [-0.2, -0.15) is 0 Å². The van der Waals surface area contributed by atoms with Gasteiger partial charge in [0.15, 0.2) is 0 Å². The first-order chi connectivity index (χ1) is 10.8. The summed E-state index contributed by atoms with van der Waals surface area (Å²) in [6.45, 7) is 6.91. The molecule has 1 amide bonds. The van der Waals surface area contributed by atoms with Crippen LogP contribution in [0.4, 0.5) is 4.79 Å². The molecule has 134 valence electrons. The van der Waals surface area contributed by atoms with E-state index in [-0.39, 0.29) is 11.7 Å². The molecule has 1 fully saturated rings. The van der Waals surface area contributed by atoms with E-state index in [1.165, 1.54) is 18.4 Å². The summed E-state index contributed by atoms with van der Waals surface area (Å²) in [5.41, 5.74) is -0.809. The monoisotopic (exact) mass is 437 g/mol. The summed E-state index contributed by atoms with van der Waals surface area (Å²) in [6.07, 6.45) is -0.845. The summed E-state index contributed by atoms with van der Waals surface area (Å²) >= 11 is 4.84. The number of guanidine groups is 1. The molecule has 1 atom stereocenters. The molecule has 1 N–H and O–H groups in total. The van der Waals surface area contributed by atoms with Gasteiger partial charge in [-0.05, 0) is 60.6 Å². The highest BCUT2D eigenvalue weighted by molar-refractivity contribution is 9.11. The number of rotatable bonds is 1. The van der Waals surface area contributed by atoms with Crippen molar-refractivity contribution in [3.05, 3.63) is 20.8 Å². The molecule has 0 aliphatic carbocycles. The van der Waals surface area contributed by atoms with Crippen LogP contribution in [0.1, 0.15) is 33.3 Å². The number of ether oxygens (including phenoxy) is 1. The maximum Gasteiger partial charge on any atom is 0.437 e. The largest absolute Gasteiger partial charge is 0.442 e. The van der Waals surface area contributed by atoms with Gasteiger partial charge in [0.05, 0.1) is 15.1 Å². The van der Waals surface area contributed by atoms with E-state index in [0.717, 1.165) is 13.7 Å². The Labute approximate surface area is 154 Å². The molecule has 7 nitrogen and oxygen atoms in total. The van der Waals surface area contributed by atoms with E-state index in [1.807, 2.05) is 11.4 Å². The SMILES string of the molecule is CN1/C(=N\C(=O)OC(C)(C)C)N[C@](C)(c2csc(Br)c2)CS1(=O)=O. The summed E-state index contributed by atoms with van der Waals surface area (Å²) in [4.78, 5) is 15.8. The minimum absolute atomic E-state index is 0.0553. The van der Waals surface area contributed by atoms with Crippen LogP contribution in [-0.2, 0) is 20.3 Å². The van der Waals surface area contributed by atoms with E-state index in [2.05, 4.69) is 26.2 Å².